The summed E-state index contributed by atoms with van der Waals surface area (Å²) in [4.78, 5) is 23.1. The Bertz CT molecular complexity index is 1560. The summed E-state index contributed by atoms with van der Waals surface area (Å²) in [6.07, 6.45) is -1.75. The molecule has 0 aliphatic carbocycles. The molecule has 0 aliphatic rings. The van der Waals surface area contributed by atoms with Gasteiger partial charge in [-0.05, 0) is 72.4 Å². The number of carbonyl (C=O) groups is 2. The quantitative estimate of drug-likeness (QED) is 0.209. The van der Waals surface area contributed by atoms with Crippen molar-refractivity contribution in [3.05, 3.63) is 89.1 Å². The van der Waals surface area contributed by atoms with E-state index in [2.05, 4.69) is 23.7 Å². The Morgan fingerprint density at radius 3 is 2.29 bits per heavy atom. The van der Waals surface area contributed by atoms with Crippen LogP contribution in [0.25, 0.3) is 22.0 Å². The molecule has 4 rings (SSSR count). The Kier molecular flexibility index (Phi) is 8.75. The number of rotatable bonds is 10. The van der Waals surface area contributed by atoms with Crippen LogP contribution in [0.3, 0.4) is 0 Å². The van der Waals surface area contributed by atoms with Gasteiger partial charge in [0.25, 0.3) is 5.91 Å². The number of nitrogens with one attached hydrogen (secondary N) is 1. The molecule has 2 N–H and O–H groups in total. The molecule has 6 nitrogen and oxygen atoms in total. The van der Waals surface area contributed by atoms with Crippen molar-refractivity contribution < 1.29 is 32.6 Å². The van der Waals surface area contributed by atoms with E-state index in [9.17, 15) is 22.8 Å². The Balaban J connectivity index is 1.70. The minimum absolute atomic E-state index is 0.0526. The molecule has 0 radical (unpaired) electrons. The minimum Gasteiger partial charge on any atom is -0.496 e. The van der Waals surface area contributed by atoms with Crippen LogP contribution in [-0.2, 0) is 11.0 Å². The smallest absolute Gasteiger partial charge is 0.416 e. The fourth-order valence-corrected chi connectivity index (χ4v) is 5.08. The molecule has 216 valence electrons. The highest BCUT2D eigenvalue weighted by Gasteiger charge is 2.31. The number of aliphatic carboxylic acids is 1. The number of nitrogens with zero attached hydrogens (tertiary/aromatic N) is 1. The third kappa shape index (κ3) is 6.73. The van der Waals surface area contributed by atoms with Gasteiger partial charge in [0.05, 0.1) is 30.7 Å². The van der Waals surface area contributed by atoms with E-state index < -0.39 is 17.7 Å². The molecule has 4 aromatic rings. The van der Waals surface area contributed by atoms with E-state index in [1.165, 1.54) is 6.07 Å². The summed E-state index contributed by atoms with van der Waals surface area (Å²) < 4.78 is 47.6. The number of aryl methyl sites for hydroxylation is 1. The first kappa shape index (κ1) is 29.7. The van der Waals surface area contributed by atoms with E-state index in [1.807, 2.05) is 36.5 Å². The maximum Gasteiger partial charge on any atom is 0.416 e. The summed E-state index contributed by atoms with van der Waals surface area (Å²) in [6, 6.07) is 16.8. The molecule has 0 spiro atoms. The van der Waals surface area contributed by atoms with Gasteiger partial charge in [-0.2, -0.15) is 13.2 Å². The fraction of sp³-hybridized carbons (Fsp3) is 0.312. The van der Waals surface area contributed by atoms with Gasteiger partial charge in [0.2, 0.25) is 0 Å². The van der Waals surface area contributed by atoms with Crippen LogP contribution in [0, 0.1) is 12.8 Å². The minimum atomic E-state index is -4.41. The molecule has 0 saturated carbocycles. The van der Waals surface area contributed by atoms with Crippen LogP contribution in [-0.4, -0.2) is 35.2 Å². The van der Waals surface area contributed by atoms with Crippen molar-refractivity contribution in [3.8, 4) is 16.9 Å². The van der Waals surface area contributed by atoms with Gasteiger partial charge in [0.15, 0.2) is 0 Å². The monoisotopic (exact) mass is 566 g/mol. The lowest BCUT2D eigenvalue weighted by atomic mass is 9.95. The van der Waals surface area contributed by atoms with Gasteiger partial charge in [-0.3, -0.25) is 9.59 Å². The molecule has 3 aromatic carbocycles. The van der Waals surface area contributed by atoms with Gasteiger partial charge in [-0.1, -0.05) is 32.0 Å². The number of halogens is 3. The highest BCUT2D eigenvalue weighted by Crippen LogP contribution is 2.40. The van der Waals surface area contributed by atoms with Crippen molar-refractivity contribution in [1.29, 1.82) is 0 Å². The lowest BCUT2D eigenvalue weighted by Crippen LogP contribution is -2.26. The van der Waals surface area contributed by atoms with Gasteiger partial charge in [-0.15, -0.1) is 0 Å². The number of hydrogen-bond acceptors (Lipinski definition) is 3. The Labute approximate surface area is 236 Å². The fourth-order valence-electron chi connectivity index (χ4n) is 5.08. The summed E-state index contributed by atoms with van der Waals surface area (Å²) in [7, 11) is 1.54. The topological polar surface area (TPSA) is 80.6 Å². The first-order chi connectivity index (χ1) is 19.4. The number of benzene rings is 3. The third-order valence-corrected chi connectivity index (χ3v) is 7.10. The van der Waals surface area contributed by atoms with Crippen LogP contribution in [0.15, 0.2) is 66.9 Å². The number of fused-ring (bicyclic) bond motifs is 1. The Hall–Kier alpha value is -4.27. The van der Waals surface area contributed by atoms with Gasteiger partial charge in [0.1, 0.15) is 5.75 Å². The number of alkyl halides is 3. The number of amides is 1. The molecule has 1 amide bonds. The number of methoxy groups -OCH3 is 1. The van der Waals surface area contributed by atoms with E-state index in [0.717, 1.165) is 35.0 Å². The summed E-state index contributed by atoms with van der Waals surface area (Å²) in [6.45, 7) is 5.98. The summed E-state index contributed by atoms with van der Waals surface area (Å²) in [5, 5.41) is 12.3. The molecule has 0 saturated heterocycles. The predicted molar refractivity (Wildman–Crippen MR) is 152 cm³/mol. The molecule has 1 heterocycles. The van der Waals surface area contributed by atoms with Crippen LogP contribution < -0.4 is 10.1 Å². The summed E-state index contributed by atoms with van der Waals surface area (Å²) in [5.41, 5.74) is 3.55. The Morgan fingerprint density at radius 2 is 1.71 bits per heavy atom. The van der Waals surface area contributed by atoms with Gasteiger partial charge in [-0.25, -0.2) is 0 Å². The number of carboxylic acid groups (broad SMARTS) is 1. The molecular formula is C32H33F3N2O4. The molecule has 41 heavy (non-hydrogen) atoms. The lowest BCUT2D eigenvalue weighted by molar-refractivity contribution is -0.138. The largest absolute Gasteiger partial charge is 0.496 e. The van der Waals surface area contributed by atoms with Crippen LogP contribution in [0.2, 0.25) is 0 Å². The second-order valence-electron chi connectivity index (χ2n) is 10.5. The molecule has 0 aliphatic heterocycles. The molecule has 9 heteroatoms. The molecule has 0 fully saturated rings. The van der Waals surface area contributed by atoms with E-state index in [0.29, 0.717) is 33.9 Å². The number of aromatic nitrogens is 1. The van der Waals surface area contributed by atoms with E-state index in [4.69, 9.17) is 9.84 Å². The van der Waals surface area contributed by atoms with Crippen molar-refractivity contribution in [2.45, 2.75) is 45.8 Å². The van der Waals surface area contributed by atoms with Crippen molar-refractivity contribution in [2.75, 3.05) is 13.7 Å². The number of hydrogen-bond donors (Lipinski definition) is 2. The first-order valence-corrected chi connectivity index (χ1v) is 13.4. The summed E-state index contributed by atoms with van der Waals surface area (Å²) >= 11 is 0. The zero-order valence-corrected chi connectivity index (χ0v) is 23.4. The average Bonchev–Trinajstić information content (AvgIpc) is 3.32. The zero-order chi connectivity index (χ0) is 29.9. The van der Waals surface area contributed by atoms with Gasteiger partial charge in [0, 0.05) is 35.3 Å². The molecule has 1 atom stereocenters. The van der Waals surface area contributed by atoms with E-state index in [1.54, 1.807) is 26.2 Å². The average molecular weight is 567 g/mol. The Morgan fingerprint density at radius 1 is 1.00 bits per heavy atom. The zero-order valence-electron chi connectivity index (χ0n) is 23.4. The number of ether oxygens (including phenoxy) is 1. The van der Waals surface area contributed by atoms with Crippen molar-refractivity contribution in [2.24, 2.45) is 5.92 Å². The predicted octanol–water partition coefficient (Wildman–Crippen LogP) is 7.48. The van der Waals surface area contributed by atoms with E-state index in [-0.39, 0.29) is 24.9 Å². The van der Waals surface area contributed by atoms with Gasteiger partial charge < -0.3 is 19.7 Å². The molecular weight excluding hydrogens is 533 g/mol. The number of carboxylic acids is 1. The second-order valence-corrected chi connectivity index (χ2v) is 10.5. The standard InChI is InChI=1S/C32H33F3N2O4/c1-19(2)15-27(21-5-7-22(8-6-21)31(40)36-13-11-30(38)39)37-14-12-23-17-26(29(41-4)18-28(23)37)25-10-9-24(16-20(25)3)32(33,34)35/h5-10,12,14,16-19,27H,11,13,15H2,1-4H3,(H,36,40)(H,38,39). The maximum atomic E-state index is 13.2. The number of carbonyl (C=O) groups excluding carboxylic acids is 1. The normalized spacial score (nSPS) is 12.5. The maximum absolute atomic E-state index is 13.2. The van der Waals surface area contributed by atoms with Crippen molar-refractivity contribution in [1.82, 2.24) is 9.88 Å². The second kappa shape index (κ2) is 12.1. The third-order valence-electron chi connectivity index (χ3n) is 7.10. The van der Waals surface area contributed by atoms with E-state index >= 15 is 0 Å². The first-order valence-electron chi connectivity index (χ1n) is 13.4. The highest BCUT2D eigenvalue weighted by molar-refractivity contribution is 5.94. The van der Waals surface area contributed by atoms with Crippen LogP contribution in [0.4, 0.5) is 13.2 Å². The van der Waals surface area contributed by atoms with Crippen molar-refractivity contribution in [3.63, 3.8) is 0 Å². The SMILES string of the molecule is COc1cc2c(ccn2C(CC(C)C)c2ccc(C(=O)NCCC(=O)O)cc2)cc1-c1ccc(C(F)(F)F)cc1C. The highest BCUT2D eigenvalue weighted by atomic mass is 19.4. The van der Waals surface area contributed by atoms with Crippen LogP contribution in [0.5, 0.6) is 5.75 Å². The lowest BCUT2D eigenvalue weighted by Gasteiger charge is -2.23. The molecule has 1 unspecified atom stereocenters. The van der Waals surface area contributed by atoms with Gasteiger partial charge >= 0.3 is 12.1 Å². The molecule has 0 bridgehead atoms. The van der Waals surface area contributed by atoms with Crippen LogP contribution in [0.1, 0.15) is 59.8 Å². The summed E-state index contributed by atoms with van der Waals surface area (Å²) in [5.74, 6) is -0.404. The van der Waals surface area contributed by atoms with Crippen molar-refractivity contribution >= 4 is 22.8 Å². The molecule has 1 aromatic heterocycles. The van der Waals surface area contributed by atoms with Crippen LogP contribution >= 0.6 is 0 Å².